The molecule has 1 aromatic carbocycles. The number of aromatic nitrogens is 3. The molecule has 1 aromatic heterocycles. The molecule has 0 aliphatic rings. The topological polar surface area (TPSA) is 38.7 Å². The van der Waals surface area contributed by atoms with Gasteiger partial charge in [-0.3, -0.25) is 0 Å². The second-order valence-corrected chi connectivity index (χ2v) is 5.65. The zero-order valence-corrected chi connectivity index (χ0v) is 15.2. The van der Waals surface area contributed by atoms with Gasteiger partial charge in [0.15, 0.2) is 11.6 Å². The van der Waals surface area contributed by atoms with Gasteiger partial charge in [0.25, 0.3) is 0 Å². The molecule has 0 aliphatic carbocycles. The number of hydrogen-bond donors (Lipinski definition) is 0. The van der Waals surface area contributed by atoms with Crippen molar-refractivity contribution in [2.45, 2.75) is 13.8 Å². The minimum Gasteiger partial charge on any atom is -0.208 e. The van der Waals surface area contributed by atoms with Crippen molar-refractivity contribution < 1.29 is 0 Å². The summed E-state index contributed by atoms with van der Waals surface area (Å²) < 4.78 is 0. The summed E-state index contributed by atoms with van der Waals surface area (Å²) in [4.78, 5) is 13.1. The molecular formula is C21H20ClN3. The van der Waals surface area contributed by atoms with Crippen LogP contribution < -0.4 is 0 Å². The van der Waals surface area contributed by atoms with E-state index in [1.165, 1.54) is 0 Å². The average Bonchev–Trinajstić information content (AvgIpc) is 2.64. The van der Waals surface area contributed by atoms with Crippen molar-refractivity contribution in [3.63, 3.8) is 0 Å². The van der Waals surface area contributed by atoms with E-state index in [1.807, 2.05) is 68.5 Å². The van der Waals surface area contributed by atoms with Crippen molar-refractivity contribution in [1.29, 1.82) is 0 Å². The Bertz CT molecular complexity index is 862. The highest BCUT2D eigenvalue weighted by molar-refractivity contribution is 6.28. The highest BCUT2D eigenvalue weighted by Crippen LogP contribution is 2.22. The van der Waals surface area contributed by atoms with Crippen LogP contribution in [0.15, 0.2) is 85.0 Å². The van der Waals surface area contributed by atoms with Gasteiger partial charge in [-0.15, -0.1) is 0 Å². The van der Waals surface area contributed by atoms with E-state index in [4.69, 9.17) is 11.6 Å². The summed E-state index contributed by atoms with van der Waals surface area (Å²) in [5, 5.41) is 0.166. The monoisotopic (exact) mass is 349 g/mol. The van der Waals surface area contributed by atoms with E-state index >= 15 is 0 Å². The van der Waals surface area contributed by atoms with Gasteiger partial charge < -0.3 is 0 Å². The highest BCUT2D eigenvalue weighted by Gasteiger charge is 2.10. The van der Waals surface area contributed by atoms with Crippen LogP contribution >= 0.6 is 11.6 Å². The van der Waals surface area contributed by atoms with Gasteiger partial charge in [-0.05, 0) is 42.7 Å². The quantitative estimate of drug-likeness (QED) is 0.615. The molecule has 4 heteroatoms. The second-order valence-electron chi connectivity index (χ2n) is 5.31. The molecule has 0 bridgehead atoms. The van der Waals surface area contributed by atoms with E-state index in [1.54, 1.807) is 6.08 Å². The number of nitrogens with zero attached hydrogens (tertiary/aromatic N) is 3. The van der Waals surface area contributed by atoms with Crippen LogP contribution in [-0.4, -0.2) is 15.0 Å². The normalized spacial score (nSPS) is 12.4. The summed E-state index contributed by atoms with van der Waals surface area (Å²) in [5.41, 5.74) is 3.64. The van der Waals surface area contributed by atoms with Crippen LogP contribution in [0.4, 0.5) is 0 Å². The summed E-state index contributed by atoms with van der Waals surface area (Å²) in [6, 6.07) is 9.69. The standard InChI is InChI=1S/C21H20ClN3/c1-5-7-11-15(3)16(4)14-17(6-2)19-23-20(25-21(22)24-19)18-12-9-8-10-13-18/h5-14H,1,3H2,2,4H3/b11-7-,16-14+,17-6+. The van der Waals surface area contributed by atoms with Crippen molar-refractivity contribution >= 4 is 17.2 Å². The van der Waals surface area contributed by atoms with Crippen LogP contribution in [0.3, 0.4) is 0 Å². The molecule has 2 aromatic rings. The Kier molecular flexibility index (Phi) is 6.61. The molecule has 0 N–H and O–H groups in total. The third-order valence-electron chi connectivity index (χ3n) is 3.52. The smallest absolute Gasteiger partial charge is 0.208 e. The number of benzene rings is 1. The molecule has 0 saturated carbocycles. The zero-order valence-electron chi connectivity index (χ0n) is 14.4. The maximum Gasteiger partial charge on any atom is 0.226 e. The Morgan fingerprint density at radius 3 is 2.48 bits per heavy atom. The Labute approximate surface area is 153 Å². The Balaban J connectivity index is 2.42. The fraction of sp³-hybridized carbons (Fsp3) is 0.0952. The molecule has 0 saturated heterocycles. The SMILES string of the molecule is C=C/C=C\C(=C)/C(C)=C/C(=C\C)c1nc(Cl)nc(-c2ccccc2)n1. The van der Waals surface area contributed by atoms with Crippen LogP contribution in [0.25, 0.3) is 17.0 Å². The fourth-order valence-corrected chi connectivity index (χ4v) is 2.27. The first-order chi connectivity index (χ1) is 12.0. The van der Waals surface area contributed by atoms with Gasteiger partial charge in [-0.25, -0.2) is 4.98 Å². The fourth-order valence-electron chi connectivity index (χ4n) is 2.11. The molecule has 0 aliphatic heterocycles. The van der Waals surface area contributed by atoms with Crippen LogP contribution in [0, 0.1) is 0 Å². The Morgan fingerprint density at radius 2 is 1.84 bits per heavy atom. The van der Waals surface area contributed by atoms with Crippen LogP contribution in [-0.2, 0) is 0 Å². The summed E-state index contributed by atoms with van der Waals surface area (Å²) in [6.07, 6.45) is 9.39. The Morgan fingerprint density at radius 1 is 1.12 bits per heavy atom. The maximum atomic E-state index is 6.12. The molecule has 0 atom stereocenters. The molecule has 1 heterocycles. The van der Waals surface area contributed by atoms with Gasteiger partial charge >= 0.3 is 0 Å². The van der Waals surface area contributed by atoms with Gasteiger partial charge in [0, 0.05) is 11.1 Å². The van der Waals surface area contributed by atoms with Crippen molar-refractivity contribution in [1.82, 2.24) is 15.0 Å². The van der Waals surface area contributed by atoms with Gasteiger partial charge in [0.05, 0.1) is 0 Å². The minimum absolute atomic E-state index is 0.166. The molecule has 3 nitrogen and oxygen atoms in total. The van der Waals surface area contributed by atoms with E-state index in [9.17, 15) is 0 Å². The van der Waals surface area contributed by atoms with E-state index in [0.29, 0.717) is 11.6 Å². The highest BCUT2D eigenvalue weighted by atomic mass is 35.5. The van der Waals surface area contributed by atoms with Gasteiger partial charge in [0.1, 0.15) is 0 Å². The van der Waals surface area contributed by atoms with Gasteiger partial charge in [0.2, 0.25) is 5.28 Å². The van der Waals surface area contributed by atoms with Crippen molar-refractivity contribution in [3.8, 4) is 11.4 Å². The second kappa shape index (κ2) is 8.90. The lowest BCUT2D eigenvalue weighted by molar-refractivity contribution is 1.03. The van der Waals surface area contributed by atoms with E-state index in [0.717, 1.165) is 22.3 Å². The summed E-state index contributed by atoms with van der Waals surface area (Å²) in [6.45, 7) is 11.6. The van der Waals surface area contributed by atoms with Crippen molar-refractivity contribution in [2.24, 2.45) is 0 Å². The lowest BCUT2D eigenvalue weighted by Gasteiger charge is -2.07. The number of allylic oxidation sites excluding steroid dienone is 8. The molecule has 0 fully saturated rings. The maximum absolute atomic E-state index is 6.12. The van der Waals surface area contributed by atoms with E-state index in [2.05, 4.69) is 28.1 Å². The molecule has 126 valence electrons. The molecule has 0 amide bonds. The van der Waals surface area contributed by atoms with Crippen LogP contribution in [0.5, 0.6) is 0 Å². The zero-order chi connectivity index (χ0) is 18.2. The summed E-state index contributed by atoms with van der Waals surface area (Å²) >= 11 is 6.12. The molecule has 0 unspecified atom stereocenters. The molecular weight excluding hydrogens is 330 g/mol. The van der Waals surface area contributed by atoms with Crippen molar-refractivity contribution in [2.75, 3.05) is 0 Å². The largest absolute Gasteiger partial charge is 0.226 e. The average molecular weight is 350 g/mol. The first kappa shape index (κ1) is 18.6. The number of hydrogen-bond acceptors (Lipinski definition) is 3. The molecule has 25 heavy (non-hydrogen) atoms. The Hall–Kier alpha value is -2.78. The lowest BCUT2D eigenvalue weighted by atomic mass is 10.0. The van der Waals surface area contributed by atoms with Crippen molar-refractivity contribution in [3.05, 3.63) is 96.1 Å². The first-order valence-electron chi connectivity index (χ1n) is 7.85. The third kappa shape index (κ3) is 5.10. The molecule has 2 rings (SSSR count). The predicted octanol–water partition coefficient (Wildman–Crippen LogP) is 5.84. The minimum atomic E-state index is 0.166. The van der Waals surface area contributed by atoms with Crippen LogP contribution in [0.2, 0.25) is 5.28 Å². The summed E-state index contributed by atoms with van der Waals surface area (Å²) in [7, 11) is 0. The van der Waals surface area contributed by atoms with E-state index in [-0.39, 0.29) is 5.28 Å². The molecule has 0 spiro atoms. The third-order valence-corrected chi connectivity index (χ3v) is 3.69. The number of rotatable bonds is 6. The first-order valence-corrected chi connectivity index (χ1v) is 8.23. The predicted molar refractivity (Wildman–Crippen MR) is 106 cm³/mol. The lowest BCUT2D eigenvalue weighted by Crippen LogP contribution is -2.00. The van der Waals surface area contributed by atoms with Gasteiger partial charge in [-0.1, -0.05) is 67.8 Å². The number of halogens is 1. The van der Waals surface area contributed by atoms with E-state index < -0.39 is 0 Å². The van der Waals surface area contributed by atoms with Crippen LogP contribution in [0.1, 0.15) is 19.7 Å². The van der Waals surface area contributed by atoms with Gasteiger partial charge in [-0.2, -0.15) is 9.97 Å². The summed E-state index contributed by atoms with van der Waals surface area (Å²) in [5.74, 6) is 1.08. The molecule has 0 radical (unpaired) electrons.